The van der Waals surface area contributed by atoms with Gasteiger partial charge in [0.15, 0.2) is 5.96 Å². The first-order valence-electron chi connectivity index (χ1n) is 11.4. The lowest BCUT2D eigenvalue weighted by molar-refractivity contribution is 0.0342. The highest BCUT2D eigenvalue weighted by atomic mass is 127. The highest BCUT2D eigenvalue weighted by Gasteiger charge is 2.19. The van der Waals surface area contributed by atoms with Crippen LogP contribution in [0.5, 0.6) is 0 Å². The lowest BCUT2D eigenvalue weighted by atomic mass is 10.1. The van der Waals surface area contributed by atoms with Crippen molar-refractivity contribution in [2.75, 3.05) is 52.5 Å². The van der Waals surface area contributed by atoms with Gasteiger partial charge in [0, 0.05) is 45.3 Å². The molecule has 2 saturated heterocycles. The minimum atomic E-state index is 0. The average Bonchev–Trinajstić information content (AvgIpc) is 2.75. The van der Waals surface area contributed by atoms with Crippen molar-refractivity contribution < 1.29 is 4.74 Å². The van der Waals surface area contributed by atoms with Crippen molar-refractivity contribution in [3.05, 3.63) is 35.4 Å². The maximum atomic E-state index is 5.43. The van der Waals surface area contributed by atoms with Gasteiger partial charge in [-0.05, 0) is 43.9 Å². The van der Waals surface area contributed by atoms with Crippen LogP contribution in [0.2, 0.25) is 0 Å². The third kappa shape index (κ3) is 8.69. The van der Waals surface area contributed by atoms with Crippen LogP contribution in [0.3, 0.4) is 0 Å². The van der Waals surface area contributed by atoms with E-state index in [1.54, 1.807) is 0 Å². The third-order valence-electron chi connectivity index (χ3n) is 5.77. The normalized spacial score (nSPS) is 19.3. The van der Waals surface area contributed by atoms with E-state index in [9.17, 15) is 0 Å². The molecule has 7 heteroatoms. The summed E-state index contributed by atoms with van der Waals surface area (Å²) in [6.07, 6.45) is 3.63. The van der Waals surface area contributed by atoms with Gasteiger partial charge in [-0.25, -0.2) is 4.99 Å². The number of nitrogens with zero attached hydrogens (tertiary/aromatic N) is 3. The molecule has 0 unspecified atom stereocenters. The molecule has 0 atom stereocenters. The molecule has 2 N–H and O–H groups in total. The number of benzene rings is 1. The fourth-order valence-electron chi connectivity index (χ4n) is 4.07. The van der Waals surface area contributed by atoms with Crippen molar-refractivity contribution >= 4 is 29.9 Å². The number of hydrogen-bond donors (Lipinski definition) is 2. The number of morpholine rings is 1. The van der Waals surface area contributed by atoms with Gasteiger partial charge in [-0.15, -0.1) is 24.0 Å². The number of nitrogens with one attached hydrogen (secondary N) is 2. The Balaban J connectivity index is 0.00000320. The average molecular weight is 530 g/mol. The summed E-state index contributed by atoms with van der Waals surface area (Å²) < 4.78 is 5.43. The summed E-state index contributed by atoms with van der Waals surface area (Å²) in [4.78, 5) is 9.86. The summed E-state index contributed by atoms with van der Waals surface area (Å²) in [5.74, 6) is 0.943. The Morgan fingerprint density at radius 1 is 1.00 bits per heavy atom. The molecule has 0 amide bonds. The SMILES string of the molecule is CCCN1CCC(NC(=NCc2ccc(CN3CCOCC3)cc2)NCC)CC1.I. The highest BCUT2D eigenvalue weighted by molar-refractivity contribution is 14.0. The van der Waals surface area contributed by atoms with Gasteiger partial charge in [0.25, 0.3) is 0 Å². The summed E-state index contributed by atoms with van der Waals surface area (Å²) in [6.45, 7) is 14.4. The van der Waals surface area contributed by atoms with Crippen molar-refractivity contribution in [1.82, 2.24) is 20.4 Å². The molecule has 2 heterocycles. The van der Waals surface area contributed by atoms with Crippen LogP contribution in [0.15, 0.2) is 29.3 Å². The smallest absolute Gasteiger partial charge is 0.191 e. The van der Waals surface area contributed by atoms with Gasteiger partial charge in [0.1, 0.15) is 0 Å². The van der Waals surface area contributed by atoms with Crippen LogP contribution >= 0.6 is 24.0 Å². The first kappa shape index (κ1) is 25.4. The molecule has 0 aliphatic carbocycles. The van der Waals surface area contributed by atoms with Crippen molar-refractivity contribution in [3.63, 3.8) is 0 Å². The number of aliphatic imine (C=N–C) groups is 1. The number of halogens is 1. The second-order valence-corrected chi connectivity index (χ2v) is 8.16. The summed E-state index contributed by atoms with van der Waals surface area (Å²) >= 11 is 0. The fraction of sp³-hybridized carbons (Fsp3) is 0.696. The Morgan fingerprint density at radius 2 is 1.67 bits per heavy atom. The van der Waals surface area contributed by atoms with Crippen molar-refractivity contribution in [1.29, 1.82) is 0 Å². The van der Waals surface area contributed by atoms with Gasteiger partial charge in [-0.2, -0.15) is 0 Å². The summed E-state index contributed by atoms with van der Waals surface area (Å²) in [7, 11) is 0. The molecule has 170 valence electrons. The van der Waals surface area contributed by atoms with E-state index in [-0.39, 0.29) is 24.0 Å². The first-order chi connectivity index (χ1) is 14.3. The zero-order valence-corrected chi connectivity index (χ0v) is 21.1. The number of likely N-dealkylation sites (tertiary alicyclic amines) is 1. The van der Waals surface area contributed by atoms with Crippen LogP contribution in [0.4, 0.5) is 0 Å². The minimum Gasteiger partial charge on any atom is -0.379 e. The van der Waals surface area contributed by atoms with Crippen molar-refractivity contribution in [2.24, 2.45) is 4.99 Å². The molecule has 2 fully saturated rings. The standard InChI is InChI=1S/C23H39N5O.HI/c1-3-11-27-12-9-22(10-13-27)26-23(24-4-2)25-18-20-5-7-21(8-6-20)19-28-14-16-29-17-15-28;/h5-8,22H,3-4,9-19H2,1-2H3,(H2,24,25,26);1H. The van der Waals surface area contributed by atoms with Crippen molar-refractivity contribution in [2.45, 2.75) is 52.2 Å². The largest absolute Gasteiger partial charge is 0.379 e. The van der Waals surface area contributed by atoms with E-state index >= 15 is 0 Å². The van der Waals surface area contributed by atoms with E-state index in [2.05, 4.69) is 58.5 Å². The van der Waals surface area contributed by atoms with Gasteiger partial charge in [-0.3, -0.25) is 4.90 Å². The molecule has 2 aliphatic heterocycles. The van der Waals surface area contributed by atoms with Gasteiger partial charge in [-0.1, -0.05) is 31.2 Å². The fourth-order valence-corrected chi connectivity index (χ4v) is 4.07. The van der Waals surface area contributed by atoms with E-state index in [1.165, 1.54) is 50.0 Å². The Hall–Kier alpha value is -0.900. The maximum absolute atomic E-state index is 5.43. The number of ether oxygens (including phenoxy) is 1. The van der Waals surface area contributed by atoms with Gasteiger partial charge in [0.05, 0.1) is 19.8 Å². The molecule has 0 radical (unpaired) electrons. The molecule has 0 bridgehead atoms. The summed E-state index contributed by atoms with van der Waals surface area (Å²) in [5.41, 5.74) is 2.62. The minimum absolute atomic E-state index is 0. The number of piperidine rings is 1. The third-order valence-corrected chi connectivity index (χ3v) is 5.77. The maximum Gasteiger partial charge on any atom is 0.191 e. The van der Waals surface area contributed by atoms with Crippen molar-refractivity contribution in [3.8, 4) is 0 Å². The topological polar surface area (TPSA) is 52.1 Å². The van der Waals surface area contributed by atoms with E-state index in [0.717, 1.165) is 45.4 Å². The quantitative estimate of drug-likeness (QED) is 0.308. The lowest BCUT2D eigenvalue weighted by Gasteiger charge is -2.32. The van der Waals surface area contributed by atoms with E-state index < -0.39 is 0 Å². The van der Waals surface area contributed by atoms with E-state index in [4.69, 9.17) is 9.73 Å². The monoisotopic (exact) mass is 529 g/mol. The zero-order chi connectivity index (χ0) is 20.3. The Kier molecular flexibility index (Phi) is 12.0. The Bertz CT molecular complexity index is 611. The predicted molar refractivity (Wildman–Crippen MR) is 136 cm³/mol. The van der Waals surface area contributed by atoms with E-state index in [0.29, 0.717) is 12.6 Å². The Labute approximate surface area is 199 Å². The van der Waals surface area contributed by atoms with Crippen LogP contribution < -0.4 is 10.6 Å². The molecule has 30 heavy (non-hydrogen) atoms. The van der Waals surface area contributed by atoms with Crippen LogP contribution in [-0.4, -0.2) is 74.3 Å². The molecular weight excluding hydrogens is 489 g/mol. The van der Waals surface area contributed by atoms with Crippen LogP contribution in [0.25, 0.3) is 0 Å². The zero-order valence-electron chi connectivity index (χ0n) is 18.7. The van der Waals surface area contributed by atoms with Crippen LogP contribution in [-0.2, 0) is 17.8 Å². The highest BCUT2D eigenvalue weighted by Crippen LogP contribution is 2.12. The summed E-state index contributed by atoms with van der Waals surface area (Å²) in [6, 6.07) is 9.43. The molecule has 1 aromatic rings. The predicted octanol–water partition coefficient (Wildman–Crippen LogP) is 3.07. The molecule has 6 nitrogen and oxygen atoms in total. The second kappa shape index (κ2) is 14.2. The molecule has 0 aromatic heterocycles. The molecule has 2 aliphatic rings. The molecule has 1 aromatic carbocycles. The van der Waals surface area contributed by atoms with Crippen LogP contribution in [0, 0.1) is 0 Å². The second-order valence-electron chi connectivity index (χ2n) is 8.16. The number of rotatable bonds is 8. The molecular formula is C23H40IN5O. The van der Waals surface area contributed by atoms with Gasteiger partial charge < -0.3 is 20.3 Å². The molecule has 0 saturated carbocycles. The first-order valence-corrected chi connectivity index (χ1v) is 11.4. The number of hydrogen-bond acceptors (Lipinski definition) is 4. The number of guanidine groups is 1. The van der Waals surface area contributed by atoms with Gasteiger partial charge >= 0.3 is 0 Å². The molecule has 0 spiro atoms. The Morgan fingerprint density at radius 3 is 2.30 bits per heavy atom. The van der Waals surface area contributed by atoms with E-state index in [1.807, 2.05) is 0 Å². The van der Waals surface area contributed by atoms with Gasteiger partial charge in [0.2, 0.25) is 0 Å². The summed E-state index contributed by atoms with van der Waals surface area (Å²) in [5, 5.41) is 7.06. The molecule has 3 rings (SSSR count). The lowest BCUT2D eigenvalue weighted by Crippen LogP contribution is -2.48. The van der Waals surface area contributed by atoms with Crippen LogP contribution in [0.1, 0.15) is 44.2 Å².